The first-order valence-electron chi connectivity index (χ1n) is 9.42. The number of nitrogens with two attached hydrogens (primary N) is 1. The van der Waals surface area contributed by atoms with Crippen LogP contribution in [0.4, 0.5) is 0 Å². The number of aromatic amines is 1. The van der Waals surface area contributed by atoms with E-state index < -0.39 is 0 Å². The number of ether oxygens (including phenoxy) is 2. The van der Waals surface area contributed by atoms with Gasteiger partial charge in [-0.15, -0.1) is 0 Å². The van der Waals surface area contributed by atoms with Crippen LogP contribution >= 0.6 is 0 Å². The molecule has 4 rings (SSSR count). The lowest BCUT2D eigenvalue weighted by Gasteiger charge is -2.20. The smallest absolute Gasteiger partial charge is 0.164 e. The quantitative estimate of drug-likeness (QED) is 0.492. The average molecular weight is 377 g/mol. The van der Waals surface area contributed by atoms with Crippen molar-refractivity contribution in [2.45, 2.75) is 12.5 Å². The SMILES string of the molecule is COc1cccc([C@H](C[NH2+]Cc2ccco2)c2c[nH]c3ccccc23)c1OC. The van der Waals surface area contributed by atoms with E-state index >= 15 is 0 Å². The van der Waals surface area contributed by atoms with Crippen LogP contribution in [0.3, 0.4) is 0 Å². The average Bonchev–Trinajstić information content (AvgIpc) is 3.40. The molecule has 0 spiro atoms. The predicted octanol–water partition coefficient (Wildman–Crippen LogP) is 3.67. The number of nitrogens with one attached hydrogen (secondary N) is 1. The fraction of sp³-hybridized carbons (Fsp3) is 0.217. The normalized spacial score (nSPS) is 12.2. The lowest BCUT2D eigenvalue weighted by Crippen LogP contribution is -2.83. The first-order valence-corrected chi connectivity index (χ1v) is 9.42. The number of hydrogen-bond acceptors (Lipinski definition) is 3. The number of furan rings is 1. The number of benzene rings is 2. The molecule has 3 N–H and O–H groups in total. The van der Waals surface area contributed by atoms with Gasteiger partial charge in [0.05, 0.1) is 32.9 Å². The third-order valence-electron chi connectivity index (χ3n) is 5.13. The third kappa shape index (κ3) is 3.49. The lowest BCUT2D eigenvalue weighted by molar-refractivity contribution is -0.673. The van der Waals surface area contributed by atoms with E-state index in [1.165, 1.54) is 10.9 Å². The highest BCUT2D eigenvalue weighted by Gasteiger charge is 2.25. The number of rotatable bonds is 8. The van der Waals surface area contributed by atoms with Crippen LogP contribution in [0.2, 0.25) is 0 Å². The topological polar surface area (TPSA) is 64.0 Å². The summed E-state index contributed by atoms with van der Waals surface area (Å²) < 4.78 is 16.8. The minimum absolute atomic E-state index is 0.135. The summed E-state index contributed by atoms with van der Waals surface area (Å²) in [6, 6.07) is 18.4. The second kappa shape index (κ2) is 8.23. The molecule has 1 atom stereocenters. The van der Waals surface area contributed by atoms with Gasteiger partial charge in [0.15, 0.2) is 17.3 Å². The molecule has 0 bridgehead atoms. The Morgan fingerprint density at radius 3 is 2.64 bits per heavy atom. The summed E-state index contributed by atoms with van der Waals surface area (Å²) in [4.78, 5) is 3.40. The Bertz CT molecular complexity index is 1040. The second-order valence-corrected chi connectivity index (χ2v) is 6.73. The monoisotopic (exact) mass is 377 g/mol. The molecular weight excluding hydrogens is 352 g/mol. The van der Waals surface area contributed by atoms with Gasteiger partial charge in [-0.1, -0.05) is 30.3 Å². The maximum atomic E-state index is 5.74. The van der Waals surface area contributed by atoms with E-state index in [4.69, 9.17) is 13.9 Å². The van der Waals surface area contributed by atoms with Crippen LogP contribution < -0.4 is 14.8 Å². The van der Waals surface area contributed by atoms with Crippen LogP contribution in [0.25, 0.3) is 10.9 Å². The van der Waals surface area contributed by atoms with Crippen molar-refractivity contribution in [1.82, 2.24) is 4.98 Å². The van der Waals surface area contributed by atoms with Gasteiger partial charge in [0.1, 0.15) is 6.54 Å². The molecule has 0 fully saturated rings. The predicted molar refractivity (Wildman–Crippen MR) is 109 cm³/mol. The van der Waals surface area contributed by atoms with E-state index in [2.05, 4.69) is 40.8 Å². The van der Waals surface area contributed by atoms with Crippen molar-refractivity contribution in [1.29, 1.82) is 0 Å². The number of para-hydroxylation sites is 2. The second-order valence-electron chi connectivity index (χ2n) is 6.73. The number of aromatic nitrogens is 1. The van der Waals surface area contributed by atoms with E-state index in [0.717, 1.165) is 41.4 Å². The van der Waals surface area contributed by atoms with Crippen molar-refractivity contribution in [3.8, 4) is 11.5 Å². The lowest BCUT2D eigenvalue weighted by atomic mass is 9.90. The zero-order valence-electron chi connectivity index (χ0n) is 16.1. The van der Waals surface area contributed by atoms with Crippen molar-refractivity contribution in [3.63, 3.8) is 0 Å². The van der Waals surface area contributed by atoms with Crippen molar-refractivity contribution < 1.29 is 19.2 Å². The molecule has 0 unspecified atom stereocenters. The van der Waals surface area contributed by atoms with E-state index in [1.807, 2.05) is 30.3 Å². The van der Waals surface area contributed by atoms with Gasteiger partial charge in [-0.25, -0.2) is 0 Å². The van der Waals surface area contributed by atoms with Gasteiger partial charge in [-0.05, 0) is 29.8 Å². The summed E-state index contributed by atoms with van der Waals surface area (Å²) in [5, 5.41) is 3.49. The Labute approximate surface area is 164 Å². The molecule has 0 amide bonds. The van der Waals surface area contributed by atoms with Crippen LogP contribution in [0.5, 0.6) is 11.5 Å². The van der Waals surface area contributed by atoms with Crippen molar-refractivity contribution in [2.75, 3.05) is 20.8 Å². The van der Waals surface area contributed by atoms with Crippen molar-refractivity contribution in [2.24, 2.45) is 0 Å². The van der Waals surface area contributed by atoms with E-state index in [9.17, 15) is 0 Å². The molecular formula is C23H25N2O3+. The molecule has 2 aromatic carbocycles. The van der Waals surface area contributed by atoms with Gasteiger partial charge in [-0.2, -0.15) is 0 Å². The summed E-state index contributed by atoms with van der Waals surface area (Å²) in [5.41, 5.74) is 3.50. The highest BCUT2D eigenvalue weighted by molar-refractivity contribution is 5.84. The van der Waals surface area contributed by atoms with Gasteiger partial charge >= 0.3 is 0 Å². The maximum absolute atomic E-state index is 5.74. The van der Waals surface area contributed by atoms with Crippen LogP contribution in [0, 0.1) is 0 Å². The molecule has 2 aromatic heterocycles. The summed E-state index contributed by atoms with van der Waals surface area (Å²) in [7, 11) is 3.37. The molecule has 144 valence electrons. The fourth-order valence-corrected chi connectivity index (χ4v) is 3.81. The highest BCUT2D eigenvalue weighted by atomic mass is 16.5. The number of H-pyrrole nitrogens is 1. The largest absolute Gasteiger partial charge is 0.493 e. The summed E-state index contributed by atoms with van der Waals surface area (Å²) >= 11 is 0. The zero-order chi connectivity index (χ0) is 19.3. The first-order chi connectivity index (χ1) is 13.8. The molecule has 2 heterocycles. The Kier molecular flexibility index (Phi) is 5.35. The maximum Gasteiger partial charge on any atom is 0.164 e. The Balaban J connectivity index is 1.73. The molecule has 5 heteroatoms. The highest BCUT2D eigenvalue weighted by Crippen LogP contribution is 2.39. The van der Waals surface area contributed by atoms with E-state index in [0.29, 0.717) is 0 Å². The Morgan fingerprint density at radius 1 is 0.964 bits per heavy atom. The Morgan fingerprint density at radius 2 is 1.86 bits per heavy atom. The summed E-state index contributed by atoms with van der Waals surface area (Å²) in [5.74, 6) is 2.63. The molecule has 0 saturated carbocycles. The molecule has 5 nitrogen and oxygen atoms in total. The third-order valence-corrected chi connectivity index (χ3v) is 5.13. The molecule has 28 heavy (non-hydrogen) atoms. The summed E-state index contributed by atoms with van der Waals surface area (Å²) in [6.07, 6.45) is 3.82. The van der Waals surface area contributed by atoms with Gasteiger partial charge in [0.25, 0.3) is 0 Å². The van der Waals surface area contributed by atoms with Crippen LogP contribution in [-0.4, -0.2) is 25.7 Å². The van der Waals surface area contributed by atoms with E-state index in [-0.39, 0.29) is 5.92 Å². The van der Waals surface area contributed by atoms with Gasteiger partial charge in [0.2, 0.25) is 0 Å². The van der Waals surface area contributed by atoms with Crippen LogP contribution in [-0.2, 0) is 6.54 Å². The molecule has 0 saturated heterocycles. The number of methoxy groups -OCH3 is 2. The number of quaternary nitrogens is 1. The standard InChI is InChI=1S/C23H24N2O3/c1-26-22-11-5-9-18(23(22)27-2)19(14-24-13-16-7-6-12-28-16)20-15-25-21-10-4-3-8-17(20)21/h3-12,15,19,24-25H,13-14H2,1-2H3/p+1/t19-/m0/s1. The van der Waals surface area contributed by atoms with Crippen LogP contribution in [0.15, 0.2) is 71.5 Å². The molecule has 0 aliphatic carbocycles. The molecule has 0 aliphatic rings. The molecule has 0 radical (unpaired) electrons. The van der Waals surface area contributed by atoms with Crippen LogP contribution in [0.1, 0.15) is 22.8 Å². The van der Waals surface area contributed by atoms with Crippen molar-refractivity contribution >= 4 is 10.9 Å². The van der Waals surface area contributed by atoms with E-state index in [1.54, 1.807) is 20.5 Å². The first kappa shape index (κ1) is 18.2. The van der Waals surface area contributed by atoms with Gasteiger partial charge in [-0.3, -0.25) is 0 Å². The molecule has 0 aliphatic heterocycles. The zero-order valence-corrected chi connectivity index (χ0v) is 16.1. The Hall–Kier alpha value is -3.18. The summed E-state index contributed by atoms with van der Waals surface area (Å²) in [6.45, 7) is 1.64. The number of fused-ring (bicyclic) bond motifs is 1. The fourth-order valence-electron chi connectivity index (χ4n) is 3.81. The minimum atomic E-state index is 0.135. The van der Waals surface area contributed by atoms with Crippen molar-refractivity contribution in [3.05, 3.63) is 83.9 Å². The molecule has 4 aromatic rings. The van der Waals surface area contributed by atoms with Gasteiger partial charge < -0.3 is 24.2 Å². The van der Waals surface area contributed by atoms with Gasteiger partial charge in [0, 0.05) is 22.7 Å². The number of hydrogen-bond donors (Lipinski definition) is 2. The minimum Gasteiger partial charge on any atom is -0.493 e.